The first kappa shape index (κ1) is 32.8. The van der Waals surface area contributed by atoms with Crippen molar-refractivity contribution in [1.82, 2.24) is 5.32 Å². The third-order valence-corrected chi connectivity index (χ3v) is 8.32. The maximum absolute atomic E-state index is 13.5. The van der Waals surface area contributed by atoms with Gasteiger partial charge in [0, 0.05) is 21.8 Å². The molecule has 0 aromatic heterocycles. The molecule has 0 spiro atoms. The number of nitrogens with one attached hydrogen (secondary N) is 3. The number of carbonyl (C=O) groups excluding carboxylic acids is 3. The number of aryl methyl sites for hydroxylation is 1. The summed E-state index contributed by atoms with van der Waals surface area (Å²) >= 11 is 1.42. The summed E-state index contributed by atoms with van der Waals surface area (Å²) < 4.78 is 5.52. The van der Waals surface area contributed by atoms with Crippen molar-refractivity contribution >= 4 is 46.9 Å². The second-order valence-corrected chi connectivity index (χ2v) is 11.8. The number of amides is 3. The summed E-state index contributed by atoms with van der Waals surface area (Å²) in [6, 6.07) is 40.5. The minimum absolute atomic E-state index is 0.0818. The van der Waals surface area contributed by atoms with E-state index in [0.29, 0.717) is 23.6 Å². The molecular weight excluding hydrogens is 607 g/mol. The van der Waals surface area contributed by atoms with E-state index < -0.39 is 17.1 Å². The van der Waals surface area contributed by atoms with Crippen LogP contribution in [0.1, 0.15) is 39.2 Å². The first-order chi connectivity index (χ1) is 22.9. The fourth-order valence-corrected chi connectivity index (χ4v) is 5.66. The molecule has 0 saturated carbocycles. The van der Waals surface area contributed by atoms with Gasteiger partial charge in [0.2, 0.25) is 5.91 Å². The van der Waals surface area contributed by atoms with Crippen LogP contribution >= 0.6 is 11.8 Å². The smallest absolute Gasteiger partial charge is 0.272 e. The number of ether oxygens (including phenoxy) is 1. The van der Waals surface area contributed by atoms with Crippen molar-refractivity contribution in [1.29, 1.82) is 0 Å². The van der Waals surface area contributed by atoms with Crippen LogP contribution in [0, 0.1) is 6.92 Å². The van der Waals surface area contributed by atoms with Gasteiger partial charge < -0.3 is 20.7 Å². The van der Waals surface area contributed by atoms with Crippen LogP contribution in [0.2, 0.25) is 0 Å². The number of anilines is 2. The molecule has 7 nitrogen and oxygen atoms in total. The Labute approximate surface area is 279 Å². The second kappa shape index (κ2) is 16.1. The van der Waals surface area contributed by atoms with E-state index in [0.717, 1.165) is 27.3 Å². The van der Waals surface area contributed by atoms with E-state index >= 15 is 0 Å². The van der Waals surface area contributed by atoms with Crippen LogP contribution in [0.5, 0.6) is 5.75 Å². The lowest BCUT2D eigenvalue weighted by atomic mass is 10.1. The van der Waals surface area contributed by atoms with Crippen molar-refractivity contribution in [2.45, 2.75) is 24.0 Å². The molecule has 0 fully saturated rings. The first-order valence-corrected chi connectivity index (χ1v) is 16.1. The predicted molar refractivity (Wildman–Crippen MR) is 189 cm³/mol. The molecule has 5 rings (SSSR count). The standard InChI is InChI=1S/C39H35N3O4S/c1-3-46-33-22-16-28(17-23-33)26-35(42-37(43)30-12-8-5-9-13-30)38(44)40-32-20-24-34(25-21-32)47-36(29-10-6-4-7-11-29)39(45)41-31-18-14-27(2)15-19-31/h4-26,36H,3H2,1-2H3,(H,40,44)(H,41,45)(H,42,43)/b35-26-. The molecule has 0 aliphatic heterocycles. The number of rotatable bonds is 12. The van der Waals surface area contributed by atoms with Crippen LogP contribution in [-0.2, 0) is 9.59 Å². The average Bonchev–Trinajstić information content (AvgIpc) is 3.10. The molecule has 0 heterocycles. The van der Waals surface area contributed by atoms with Gasteiger partial charge >= 0.3 is 0 Å². The van der Waals surface area contributed by atoms with Crippen molar-refractivity contribution in [2.75, 3.05) is 17.2 Å². The lowest BCUT2D eigenvalue weighted by Crippen LogP contribution is -2.30. The third kappa shape index (κ3) is 9.45. The van der Waals surface area contributed by atoms with Crippen LogP contribution in [0.25, 0.3) is 6.08 Å². The first-order valence-electron chi connectivity index (χ1n) is 15.2. The van der Waals surface area contributed by atoms with Crippen LogP contribution in [0.15, 0.2) is 144 Å². The van der Waals surface area contributed by atoms with Gasteiger partial charge in [-0.3, -0.25) is 14.4 Å². The number of hydrogen-bond donors (Lipinski definition) is 3. The van der Waals surface area contributed by atoms with E-state index in [1.54, 1.807) is 42.5 Å². The van der Waals surface area contributed by atoms with Gasteiger partial charge in [0.05, 0.1) is 6.61 Å². The fourth-order valence-electron chi connectivity index (χ4n) is 4.63. The van der Waals surface area contributed by atoms with Crippen LogP contribution in [0.4, 0.5) is 11.4 Å². The quantitative estimate of drug-likeness (QED) is 0.0941. The highest BCUT2D eigenvalue weighted by Crippen LogP contribution is 2.37. The Bertz CT molecular complexity index is 1820. The van der Waals surface area contributed by atoms with E-state index in [2.05, 4.69) is 16.0 Å². The molecule has 5 aromatic carbocycles. The molecule has 0 radical (unpaired) electrons. The van der Waals surface area contributed by atoms with Crippen LogP contribution < -0.4 is 20.7 Å². The van der Waals surface area contributed by atoms with Crippen molar-refractivity contribution in [3.8, 4) is 5.75 Å². The van der Waals surface area contributed by atoms with E-state index in [4.69, 9.17) is 4.74 Å². The zero-order chi connectivity index (χ0) is 33.0. The van der Waals surface area contributed by atoms with Crippen molar-refractivity contribution in [2.24, 2.45) is 0 Å². The Morgan fingerprint density at radius 3 is 1.96 bits per heavy atom. The summed E-state index contributed by atoms with van der Waals surface area (Å²) in [5, 5.41) is 8.18. The molecular formula is C39H35N3O4S. The van der Waals surface area contributed by atoms with E-state index in [-0.39, 0.29) is 11.6 Å². The van der Waals surface area contributed by atoms with Crippen LogP contribution in [0.3, 0.4) is 0 Å². The number of hydrogen-bond acceptors (Lipinski definition) is 5. The van der Waals surface area contributed by atoms with Gasteiger partial charge in [-0.1, -0.05) is 78.4 Å². The van der Waals surface area contributed by atoms with Crippen molar-refractivity contribution < 1.29 is 19.1 Å². The third-order valence-electron chi connectivity index (χ3n) is 7.06. The number of benzene rings is 5. The second-order valence-electron chi connectivity index (χ2n) is 10.6. The van der Waals surface area contributed by atoms with E-state index in [1.165, 1.54) is 11.8 Å². The highest BCUT2D eigenvalue weighted by molar-refractivity contribution is 8.00. The molecule has 1 atom stereocenters. The Hall–Kier alpha value is -5.60. The lowest BCUT2D eigenvalue weighted by Gasteiger charge is -2.18. The summed E-state index contributed by atoms with van der Waals surface area (Å²) in [4.78, 5) is 40.8. The Morgan fingerprint density at radius 2 is 1.32 bits per heavy atom. The molecule has 1 unspecified atom stereocenters. The van der Waals surface area contributed by atoms with Crippen molar-refractivity contribution in [3.05, 3.63) is 161 Å². The molecule has 5 aromatic rings. The number of carbonyl (C=O) groups is 3. The van der Waals surface area contributed by atoms with Gasteiger partial charge in [0.15, 0.2) is 0 Å². The van der Waals surface area contributed by atoms with Gasteiger partial charge in [-0.05, 0) is 91.7 Å². The van der Waals surface area contributed by atoms with Gasteiger partial charge in [-0.2, -0.15) is 0 Å². The Balaban J connectivity index is 1.32. The number of thioether (sulfide) groups is 1. The zero-order valence-electron chi connectivity index (χ0n) is 26.1. The molecule has 236 valence electrons. The molecule has 3 N–H and O–H groups in total. The molecule has 47 heavy (non-hydrogen) atoms. The van der Waals surface area contributed by atoms with Gasteiger partial charge in [-0.25, -0.2) is 0 Å². The molecule has 0 aliphatic carbocycles. The largest absolute Gasteiger partial charge is 0.494 e. The minimum Gasteiger partial charge on any atom is -0.494 e. The minimum atomic E-state index is -0.505. The summed E-state index contributed by atoms with van der Waals surface area (Å²) in [5.74, 6) is -0.312. The summed E-state index contributed by atoms with van der Waals surface area (Å²) in [5.41, 5.74) is 4.48. The molecule has 0 bridgehead atoms. The van der Waals surface area contributed by atoms with Gasteiger partial charge in [0.1, 0.15) is 16.7 Å². The summed E-state index contributed by atoms with van der Waals surface area (Å²) in [6.07, 6.45) is 1.62. The SMILES string of the molecule is CCOc1ccc(/C=C(\NC(=O)c2ccccc2)C(=O)Nc2ccc(SC(C(=O)Nc3ccc(C)cc3)c3ccccc3)cc2)cc1. The van der Waals surface area contributed by atoms with E-state index in [1.807, 2.05) is 111 Å². The van der Waals surface area contributed by atoms with Crippen molar-refractivity contribution in [3.63, 3.8) is 0 Å². The highest BCUT2D eigenvalue weighted by Gasteiger charge is 2.22. The zero-order valence-corrected chi connectivity index (χ0v) is 26.9. The topological polar surface area (TPSA) is 96.5 Å². The normalized spacial score (nSPS) is 11.7. The highest BCUT2D eigenvalue weighted by atomic mass is 32.2. The van der Waals surface area contributed by atoms with Crippen LogP contribution in [-0.4, -0.2) is 24.3 Å². The van der Waals surface area contributed by atoms with Gasteiger partial charge in [0.25, 0.3) is 11.8 Å². The lowest BCUT2D eigenvalue weighted by molar-refractivity contribution is -0.116. The van der Waals surface area contributed by atoms with E-state index in [9.17, 15) is 14.4 Å². The molecule has 0 saturated heterocycles. The molecule has 3 amide bonds. The Kier molecular flexibility index (Phi) is 11.2. The molecule has 0 aliphatic rings. The monoisotopic (exact) mass is 641 g/mol. The summed E-state index contributed by atoms with van der Waals surface area (Å²) in [6.45, 7) is 4.45. The maximum atomic E-state index is 13.5. The maximum Gasteiger partial charge on any atom is 0.272 e. The fraction of sp³-hybridized carbons (Fsp3) is 0.103. The summed E-state index contributed by atoms with van der Waals surface area (Å²) in [7, 11) is 0. The Morgan fingerprint density at radius 1 is 0.723 bits per heavy atom. The van der Waals surface area contributed by atoms with Gasteiger partial charge in [-0.15, -0.1) is 11.8 Å². The molecule has 8 heteroatoms. The predicted octanol–water partition coefficient (Wildman–Crippen LogP) is 8.28. The average molecular weight is 642 g/mol.